The molecule has 13 nitrogen and oxygen atoms in total. The van der Waals surface area contributed by atoms with Crippen molar-refractivity contribution in [2.45, 2.75) is 62.9 Å². The molecule has 1 fully saturated rings. The van der Waals surface area contributed by atoms with Gasteiger partial charge in [0, 0.05) is 42.2 Å². The van der Waals surface area contributed by atoms with E-state index in [9.17, 15) is 24.4 Å². The molecule has 4 aromatic rings. The van der Waals surface area contributed by atoms with Crippen LogP contribution < -0.4 is 20.1 Å². The van der Waals surface area contributed by atoms with Gasteiger partial charge in [-0.2, -0.15) is 5.26 Å². The van der Waals surface area contributed by atoms with Crippen LogP contribution in [-0.2, 0) is 32.9 Å². The van der Waals surface area contributed by atoms with Crippen LogP contribution in [0.25, 0.3) is 0 Å². The molecule has 3 aromatic carbocycles. The minimum absolute atomic E-state index is 0.0286. The summed E-state index contributed by atoms with van der Waals surface area (Å²) < 4.78 is 17.1. The van der Waals surface area contributed by atoms with Crippen molar-refractivity contribution >= 4 is 52.9 Å². The summed E-state index contributed by atoms with van der Waals surface area (Å²) in [5.41, 5.74) is 3.89. The first-order chi connectivity index (χ1) is 26.0. The molecular formula is C39H37ClN6O7S. The van der Waals surface area contributed by atoms with Crippen LogP contribution in [0.1, 0.15) is 71.4 Å². The molecule has 1 unspecified atom stereocenters. The molecule has 0 bridgehead atoms. The molecule has 0 radical (unpaired) electrons. The number of piperidine rings is 1. The Morgan fingerprint density at radius 2 is 1.87 bits per heavy atom. The number of ether oxygens (including phenoxy) is 3. The summed E-state index contributed by atoms with van der Waals surface area (Å²) in [6.45, 7) is 4.75. The van der Waals surface area contributed by atoms with Gasteiger partial charge in [-0.1, -0.05) is 49.3 Å². The Labute approximate surface area is 321 Å². The number of benzene rings is 3. The Morgan fingerprint density at radius 1 is 1.07 bits per heavy atom. The fraction of sp³-hybridized carbons (Fsp3) is 0.308. The molecule has 0 aliphatic carbocycles. The average Bonchev–Trinajstić information content (AvgIpc) is 3.48. The second kappa shape index (κ2) is 16.6. The van der Waals surface area contributed by atoms with Gasteiger partial charge in [-0.05, 0) is 77.9 Å². The van der Waals surface area contributed by atoms with Crippen LogP contribution >= 0.6 is 23.4 Å². The number of anilines is 1. The Morgan fingerprint density at radius 3 is 2.61 bits per heavy atom. The second-order valence-corrected chi connectivity index (χ2v) is 14.3. The minimum Gasteiger partial charge on any atom is -0.490 e. The highest BCUT2D eigenvalue weighted by molar-refractivity contribution is 7.98. The van der Waals surface area contributed by atoms with Gasteiger partial charge in [-0.15, -0.1) is 0 Å². The smallest absolute Gasteiger partial charge is 0.411 e. The van der Waals surface area contributed by atoms with Crippen LogP contribution in [-0.4, -0.2) is 64.2 Å². The van der Waals surface area contributed by atoms with Gasteiger partial charge in [0.15, 0.2) is 10.9 Å². The van der Waals surface area contributed by atoms with Gasteiger partial charge in [-0.3, -0.25) is 25.0 Å². The summed E-state index contributed by atoms with van der Waals surface area (Å²) >= 11 is 8.13. The molecular weight excluding hydrogens is 732 g/mol. The maximum Gasteiger partial charge on any atom is 0.411 e. The maximum absolute atomic E-state index is 12.9. The number of hydrogen-bond donors (Lipinski definition) is 2. The summed E-state index contributed by atoms with van der Waals surface area (Å²) in [5, 5.41) is 15.9. The molecule has 0 spiro atoms. The zero-order chi connectivity index (χ0) is 38.4. The number of fused-ring (bicyclic) bond motifs is 1. The van der Waals surface area contributed by atoms with Gasteiger partial charge < -0.3 is 19.1 Å². The van der Waals surface area contributed by atoms with E-state index in [4.69, 9.17) is 25.8 Å². The lowest BCUT2D eigenvalue weighted by atomic mass is 9.77. The third kappa shape index (κ3) is 8.59. The highest BCUT2D eigenvalue weighted by Gasteiger charge is 2.39. The quantitative estimate of drug-likeness (QED) is 0.0667. The van der Waals surface area contributed by atoms with Crippen molar-refractivity contribution in [2.75, 3.05) is 24.8 Å². The molecule has 4 amide bonds. The maximum atomic E-state index is 12.9. The average molecular weight is 769 g/mol. The predicted molar refractivity (Wildman–Crippen MR) is 200 cm³/mol. The van der Waals surface area contributed by atoms with Gasteiger partial charge in [0.25, 0.3) is 5.91 Å². The fourth-order valence-electron chi connectivity index (χ4n) is 6.23. The Hall–Kier alpha value is -5.65. The van der Waals surface area contributed by atoms with Crippen molar-refractivity contribution in [3.05, 3.63) is 105 Å². The number of hydrogen-bond acceptors (Lipinski definition) is 11. The van der Waals surface area contributed by atoms with Crippen LogP contribution in [0.3, 0.4) is 0 Å². The minimum atomic E-state index is -0.726. The number of amides is 4. The van der Waals surface area contributed by atoms with E-state index in [0.29, 0.717) is 40.7 Å². The highest BCUT2D eigenvalue weighted by atomic mass is 35.5. The first kappa shape index (κ1) is 38.1. The van der Waals surface area contributed by atoms with E-state index in [1.54, 1.807) is 36.5 Å². The Balaban J connectivity index is 0.981. The van der Waals surface area contributed by atoms with Gasteiger partial charge in [0.1, 0.15) is 24.5 Å². The lowest BCUT2D eigenvalue weighted by molar-refractivity contribution is -0.136. The molecule has 2 N–H and O–H groups in total. The van der Waals surface area contributed by atoms with Gasteiger partial charge in [-0.25, -0.2) is 14.8 Å². The van der Waals surface area contributed by atoms with E-state index in [1.807, 2.05) is 50.4 Å². The normalized spacial score (nSPS) is 15.3. The third-order valence-corrected chi connectivity index (χ3v) is 10.1. The van der Waals surface area contributed by atoms with Crippen molar-refractivity contribution < 1.29 is 33.4 Å². The summed E-state index contributed by atoms with van der Waals surface area (Å²) in [6.07, 6.45) is 3.69. The predicted octanol–water partition coefficient (Wildman–Crippen LogP) is 6.41. The molecule has 1 aromatic heterocycles. The lowest BCUT2D eigenvalue weighted by Gasteiger charge is -2.29. The highest BCUT2D eigenvalue weighted by Crippen LogP contribution is 2.39. The zero-order valence-corrected chi connectivity index (χ0v) is 31.4. The van der Waals surface area contributed by atoms with Crippen molar-refractivity contribution in [1.82, 2.24) is 20.2 Å². The number of thioether (sulfide) groups is 1. The van der Waals surface area contributed by atoms with Gasteiger partial charge >= 0.3 is 6.09 Å². The molecule has 6 rings (SSSR count). The number of rotatable bonds is 13. The van der Waals surface area contributed by atoms with E-state index >= 15 is 0 Å². The number of nitrogens with one attached hydrogen (secondary N) is 2. The number of carbonyl (C=O) groups excluding carboxylic acids is 4. The zero-order valence-electron chi connectivity index (χ0n) is 29.8. The van der Waals surface area contributed by atoms with E-state index < -0.39 is 23.5 Å². The lowest BCUT2D eigenvalue weighted by Crippen LogP contribution is -2.52. The van der Waals surface area contributed by atoms with Gasteiger partial charge in [0.05, 0.1) is 29.5 Å². The number of aromatic nitrogens is 2. The van der Waals surface area contributed by atoms with E-state index in [0.717, 1.165) is 16.8 Å². The first-order valence-electron chi connectivity index (χ1n) is 17.1. The fourth-order valence-corrected chi connectivity index (χ4v) is 6.88. The van der Waals surface area contributed by atoms with Crippen LogP contribution in [0.5, 0.6) is 11.5 Å². The number of nitrogens with zero attached hydrogens (tertiary/aromatic N) is 4. The molecule has 2 aliphatic rings. The Bertz CT molecular complexity index is 2140. The molecule has 278 valence electrons. The topological polar surface area (TPSA) is 173 Å². The molecule has 3 heterocycles. The molecule has 54 heavy (non-hydrogen) atoms. The number of imide groups is 1. The summed E-state index contributed by atoms with van der Waals surface area (Å²) in [5.74, 6) is -0.200. The van der Waals surface area contributed by atoms with Crippen LogP contribution in [0.2, 0.25) is 5.02 Å². The summed E-state index contributed by atoms with van der Waals surface area (Å²) in [7, 11) is 0. The second-order valence-electron chi connectivity index (χ2n) is 13.2. The monoisotopic (exact) mass is 768 g/mol. The van der Waals surface area contributed by atoms with Crippen LogP contribution in [0.4, 0.5) is 10.5 Å². The standard InChI is InChI=1S/C39H37ClN6O7S/c1-39(2,25-5-8-29(9-6-25)53-22-28-13-14-42-37(43-28)54-3)26-17-23(20-41)34(31(40)19-26)51-15-4-16-52-38(50)44-27-7-10-30-24(18-27)21-46(36(30)49)32-11-12-33(47)45-35(32)48/h5-10,13-14,17-19,32H,4,11-12,15-16,21-22H2,1-3H3,(H,44,50)(H,45,47,48). The van der Waals surface area contributed by atoms with E-state index in [-0.39, 0.29) is 60.8 Å². The molecule has 2 aliphatic heterocycles. The first-order valence-corrected chi connectivity index (χ1v) is 18.7. The number of nitriles is 1. The molecule has 1 saturated heterocycles. The van der Waals surface area contributed by atoms with Crippen molar-refractivity contribution in [3.8, 4) is 17.6 Å². The molecule has 1 atom stereocenters. The van der Waals surface area contributed by atoms with E-state index in [1.165, 1.54) is 16.7 Å². The number of carbonyl (C=O) groups is 4. The number of halogens is 1. The third-order valence-electron chi connectivity index (χ3n) is 9.26. The molecule has 15 heteroatoms. The van der Waals surface area contributed by atoms with Crippen molar-refractivity contribution in [3.63, 3.8) is 0 Å². The van der Waals surface area contributed by atoms with E-state index in [2.05, 4.69) is 26.7 Å². The largest absolute Gasteiger partial charge is 0.490 e. The van der Waals surface area contributed by atoms with Gasteiger partial charge in [0.2, 0.25) is 11.8 Å². The Kier molecular flexibility index (Phi) is 11.7. The van der Waals surface area contributed by atoms with Crippen molar-refractivity contribution in [1.29, 1.82) is 5.26 Å². The summed E-state index contributed by atoms with van der Waals surface area (Å²) in [4.78, 5) is 59.3. The van der Waals surface area contributed by atoms with Crippen LogP contribution in [0.15, 0.2) is 72.0 Å². The SMILES string of the molecule is CSc1nccc(COc2ccc(C(C)(C)c3cc(Cl)c(OCCCOC(=O)Nc4ccc5c(c4)CN(C4CCC(=O)NC4=O)C5=O)c(C#N)c3)cc2)n1. The molecule has 0 saturated carbocycles. The van der Waals surface area contributed by atoms with Crippen LogP contribution in [0, 0.1) is 11.3 Å². The van der Waals surface area contributed by atoms with Crippen molar-refractivity contribution in [2.24, 2.45) is 0 Å². The summed E-state index contributed by atoms with van der Waals surface area (Å²) in [6, 6.07) is 19.4.